The molecule has 0 saturated heterocycles. The van der Waals surface area contributed by atoms with E-state index in [9.17, 15) is 10.1 Å². The van der Waals surface area contributed by atoms with Crippen molar-refractivity contribution in [3.8, 4) is 22.8 Å². The van der Waals surface area contributed by atoms with E-state index in [1.165, 1.54) is 12.1 Å². The summed E-state index contributed by atoms with van der Waals surface area (Å²) in [7, 11) is 0. The van der Waals surface area contributed by atoms with Crippen molar-refractivity contribution in [3.63, 3.8) is 0 Å². The van der Waals surface area contributed by atoms with E-state index in [-0.39, 0.29) is 5.69 Å². The van der Waals surface area contributed by atoms with Gasteiger partial charge in [-0.2, -0.15) is 0 Å². The maximum Gasteiger partial charge on any atom is 0.269 e. The van der Waals surface area contributed by atoms with Gasteiger partial charge < -0.3 is 8.83 Å². The van der Waals surface area contributed by atoms with Gasteiger partial charge in [0.1, 0.15) is 17.0 Å². The minimum absolute atomic E-state index is 0.0403. The SMILES string of the molecule is Cc1ccc2nc(-c3ccc(N=Cc4ccc(-c5ccc([N+](=O)[O-])cc5)o4)cc3)oc2c1. The Morgan fingerprint density at radius 3 is 2.41 bits per heavy atom. The lowest BCUT2D eigenvalue weighted by Gasteiger charge is -1.97. The highest BCUT2D eigenvalue weighted by Gasteiger charge is 2.09. The molecule has 0 spiro atoms. The van der Waals surface area contributed by atoms with Crippen molar-refractivity contribution in [2.45, 2.75) is 6.92 Å². The van der Waals surface area contributed by atoms with Crippen molar-refractivity contribution < 1.29 is 13.8 Å². The van der Waals surface area contributed by atoms with Crippen molar-refractivity contribution in [1.29, 1.82) is 0 Å². The second kappa shape index (κ2) is 7.96. The van der Waals surface area contributed by atoms with Crippen molar-refractivity contribution in [1.82, 2.24) is 4.98 Å². The second-order valence-electron chi connectivity index (χ2n) is 7.30. The number of rotatable bonds is 5. The molecule has 2 heterocycles. The Morgan fingerprint density at radius 1 is 0.906 bits per heavy atom. The molecular formula is C25H17N3O4. The number of hydrogen-bond donors (Lipinski definition) is 0. The molecule has 0 atom stereocenters. The molecule has 0 aliphatic heterocycles. The topological polar surface area (TPSA) is 94.7 Å². The van der Waals surface area contributed by atoms with Gasteiger partial charge in [-0.05, 0) is 73.2 Å². The molecule has 32 heavy (non-hydrogen) atoms. The first kappa shape index (κ1) is 19.4. The molecule has 7 nitrogen and oxygen atoms in total. The van der Waals surface area contributed by atoms with E-state index in [0.717, 1.165) is 33.5 Å². The number of oxazole rings is 1. The Balaban J connectivity index is 1.31. The molecule has 156 valence electrons. The Bertz CT molecular complexity index is 1450. The Morgan fingerprint density at radius 2 is 1.66 bits per heavy atom. The Kier molecular flexibility index (Phi) is 4.84. The summed E-state index contributed by atoms with van der Waals surface area (Å²) in [6.07, 6.45) is 1.63. The van der Waals surface area contributed by atoms with Crippen LogP contribution in [0.25, 0.3) is 33.9 Å². The van der Waals surface area contributed by atoms with Crippen LogP contribution < -0.4 is 0 Å². The molecule has 0 bridgehead atoms. The fraction of sp³-hybridized carbons (Fsp3) is 0.0400. The zero-order valence-electron chi connectivity index (χ0n) is 17.1. The number of nitro benzene ring substituents is 1. The van der Waals surface area contributed by atoms with Crippen molar-refractivity contribution in [2.24, 2.45) is 4.99 Å². The number of fused-ring (bicyclic) bond motifs is 1. The van der Waals surface area contributed by atoms with Crippen LogP contribution in [-0.2, 0) is 0 Å². The number of aryl methyl sites for hydroxylation is 1. The largest absolute Gasteiger partial charge is 0.455 e. The molecule has 0 fully saturated rings. The quantitative estimate of drug-likeness (QED) is 0.178. The summed E-state index contributed by atoms with van der Waals surface area (Å²) in [5.41, 5.74) is 5.15. The van der Waals surface area contributed by atoms with E-state index >= 15 is 0 Å². The minimum Gasteiger partial charge on any atom is -0.455 e. The molecule has 5 aromatic rings. The first-order valence-electron chi connectivity index (χ1n) is 9.91. The molecular weight excluding hydrogens is 406 g/mol. The highest BCUT2D eigenvalue weighted by atomic mass is 16.6. The molecule has 0 aliphatic carbocycles. The van der Waals surface area contributed by atoms with E-state index in [2.05, 4.69) is 9.98 Å². The van der Waals surface area contributed by atoms with E-state index in [1.807, 2.05) is 49.4 Å². The number of aromatic nitrogens is 1. The number of nitrogens with zero attached hydrogens (tertiary/aromatic N) is 3. The van der Waals surface area contributed by atoms with Crippen LogP contribution in [0.2, 0.25) is 0 Å². The van der Waals surface area contributed by atoms with E-state index < -0.39 is 4.92 Å². The standard InChI is InChI=1S/C25H17N3O4/c1-16-2-12-22-24(14-16)32-25(27-22)18-3-7-19(8-4-18)26-15-21-11-13-23(31-21)17-5-9-20(10-6-17)28(29)30/h2-15H,1H3. The third-order valence-corrected chi connectivity index (χ3v) is 4.99. The first-order chi connectivity index (χ1) is 15.5. The lowest BCUT2D eigenvalue weighted by atomic mass is 10.1. The summed E-state index contributed by atoms with van der Waals surface area (Å²) < 4.78 is 11.7. The number of non-ortho nitro benzene ring substituents is 1. The van der Waals surface area contributed by atoms with Crippen LogP contribution in [0.5, 0.6) is 0 Å². The van der Waals surface area contributed by atoms with E-state index in [0.29, 0.717) is 17.4 Å². The van der Waals surface area contributed by atoms with Crippen LogP contribution in [0.3, 0.4) is 0 Å². The van der Waals surface area contributed by atoms with Gasteiger partial charge in [-0.15, -0.1) is 0 Å². The van der Waals surface area contributed by atoms with Gasteiger partial charge in [0.2, 0.25) is 5.89 Å². The fourth-order valence-corrected chi connectivity index (χ4v) is 3.31. The Hall–Kier alpha value is -4.52. The molecule has 3 aromatic carbocycles. The number of furan rings is 1. The van der Waals surface area contributed by atoms with Crippen LogP contribution in [0, 0.1) is 17.0 Å². The van der Waals surface area contributed by atoms with E-state index in [4.69, 9.17) is 8.83 Å². The first-order valence-corrected chi connectivity index (χ1v) is 9.91. The number of aliphatic imine (C=N–C) groups is 1. The summed E-state index contributed by atoms with van der Waals surface area (Å²) in [4.78, 5) is 19.3. The highest BCUT2D eigenvalue weighted by molar-refractivity contribution is 5.80. The molecule has 0 saturated carbocycles. The third-order valence-electron chi connectivity index (χ3n) is 4.99. The van der Waals surface area contributed by atoms with Crippen molar-refractivity contribution in [2.75, 3.05) is 0 Å². The monoisotopic (exact) mass is 423 g/mol. The Labute approximate surface area is 182 Å². The molecule has 2 aromatic heterocycles. The number of nitro groups is 1. The van der Waals surface area contributed by atoms with Crippen LogP contribution in [-0.4, -0.2) is 16.1 Å². The number of hydrogen-bond acceptors (Lipinski definition) is 6. The average Bonchev–Trinajstić information content (AvgIpc) is 3.45. The van der Waals surface area contributed by atoms with Crippen LogP contribution >= 0.6 is 0 Å². The highest BCUT2D eigenvalue weighted by Crippen LogP contribution is 2.27. The molecule has 0 amide bonds. The van der Waals surface area contributed by atoms with Gasteiger partial charge in [0.25, 0.3) is 5.69 Å². The van der Waals surface area contributed by atoms with Gasteiger partial charge in [-0.25, -0.2) is 4.98 Å². The van der Waals surface area contributed by atoms with E-state index in [1.54, 1.807) is 30.5 Å². The van der Waals surface area contributed by atoms with Crippen molar-refractivity contribution >= 4 is 28.7 Å². The zero-order valence-corrected chi connectivity index (χ0v) is 17.1. The fourth-order valence-electron chi connectivity index (χ4n) is 3.31. The van der Waals surface area contributed by atoms with Gasteiger partial charge in [0, 0.05) is 23.3 Å². The van der Waals surface area contributed by atoms with Crippen LogP contribution in [0.15, 0.2) is 92.7 Å². The van der Waals surface area contributed by atoms with Crippen LogP contribution in [0.4, 0.5) is 11.4 Å². The lowest BCUT2D eigenvalue weighted by Crippen LogP contribution is -1.86. The molecule has 0 unspecified atom stereocenters. The molecule has 7 heteroatoms. The zero-order chi connectivity index (χ0) is 22.1. The summed E-state index contributed by atoms with van der Waals surface area (Å²) in [6.45, 7) is 2.02. The van der Waals surface area contributed by atoms with Gasteiger partial charge in [-0.3, -0.25) is 15.1 Å². The predicted molar refractivity (Wildman–Crippen MR) is 122 cm³/mol. The van der Waals surface area contributed by atoms with Crippen LogP contribution in [0.1, 0.15) is 11.3 Å². The van der Waals surface area contributed by atoms with Gasteiger partial charge in [0.05, 0.1) is 16.8 Å². The average molecular weight is 423 g/mol. The summed E-state index contributed by atoms with van der Waals surface area (Å²) in [6, 6.07) is 23.3. The molecule has 0 aliphatic rings. The summed E-state index contributed by atoms with van der Waals surface area (Å²) >= 11 is 0. The summed E-state index contributed by atoms with van der Waals surface area (Å²) in [5.74, 6) is 1.76. The minimum atomic E-state index is -0.430. The predicted octanol–water partition coefficient (Wildman–Crippen LogP) is 6.72. The molecule has 0 N–H and O–H groups in total. The third kappa shape index (κ3) is 3.91. The maximum atomic E-state index is 10.8. The van der Waals surface area contributed by atoms with Gasteiger partial charge >= 0.3 is 0 Å². The van der Waals surface area contributed by atoms with Gasteiger partial charge in [-0.1, -0.05) is 6.07 Å². The lowest BCUT2D eigenvalue weighted by molar-refractivity contribution is -0.384. The summed E-state index contributed by atoms with van der Waals surface area (Å²) in [5, 5.41) is 10.8. The smallest absolute Gasteiger partial charge is 0.269 e. The normalized spacial score (nSPS) is 11.4. The molecule has 5 rings (SSSR count). The molecule has 0 radical (unpaired) electrons. The second-order valence-corrected chi connectivity index (χ2v) is 7.30. The number of benzene rings is 3. The van der Waals surface area contributed by atoms with Crippen molar-refractivity contribution in [3.05, 3.63) is 100 Å². The van der Waals surface area contributed by atoms with Gasteiger partial charge in [0.15, 0.2) is 5.58 Å². The maximum absolute atomic E-state index is 10.8.